The van der Waals surface area contributed by atoms with Crippen LogP contribution in [0.5, 0.6) is 0 Å². The number of carbonyl (C=O) groups is 3. The van der Waals surface area contributed by atoms with Crippen molar-refractivity contribution in [3.8, 4) is 0 Å². The van der Waals surface area contributed by atoms with E-state index in [4.69, 9.17) is 4.74 Å². The number of hydrogen-bond acceptors (Lipinski definition) is 4. The first-order chi connectivity index (χ1) is 11.9. The molecule has 0 bridgehead atoms. The summed E-state index contributed by atoms with van der Waals surface area (Å²) in [6, 6.07) is 6.61. The number of Topliss-reactive ketones (excluding diaryl/α,β-unsaturated/α-hetero) is 1. The number of ether oxygens (including phenoxy) is 1. The van der Waals surface area contributed by atoms with Gasteiger partial charge >= 0.3 is 5.97 Å². The van der Waals surface area contributed by atoms with Gasteiger partial charge in [0.15, 0.2) is 6.10 Å². The second kappa shape index (κ2) is 8.60. The Morgan fingerprint density at radius 3 is 2.32 bits per heavy atom. The maximum Gasteiger partial charge on any atom is 0.309 e. The lowest BCUT2D eigenvalue weighted by molar-refractivity contribution is -0.151. The molecule has 1 amide bonds. The summed E-state index contributed by atoms with van der Waals surface area (Å²) in [5.74, 6) is -0.917. The van der Waals surface area contributed by atoms with Gasteiger partial charge in [0, 0.05) is 17.2 Å². The van der Waals surface area contributed by atoms with Crippen molar-refractivity contribution in [3.05, 3.63) is 42.0 Å². The lowest BCUT2D eigenvalue weighted by atomic mass is 9.94. The van der Waals surface area contributed by atoms with Gasteiger partial charge in [-0.3, -0.25) is 14.4 Å². The Kier molecular flexibility index (Phi) is 6.51. The average Bonchev–Trinajstić information content (AvgIpc) is 2.62. The van der Waals surface area contributed by atoms with Gasteiger partial charge in [-0.05, 0) is 50.5 Å². The Hall–Kier alpha value is -2.43. The fraction of sp³-hybridized carbons (Fsp3) is 0.450. The normalized spacial score (nSPS) is 17.8. The Balaban J connectivity index is 1.93. The molecule has 0 radical (unpaired) electrons. The lowest BCUT2D eigenvalue weighted by Gasteiger charge is -2.19. The summed E-state index contributed by atoms with van der Waals surface area (Å²) in [5, 5.41) is 2.77. The van der Waals surface area contributed by atoms with Gasteiger partial charge in [-0.25, -0.2) is 0 Å². The third-order valence-electron chi connectivity index (χ3n) is 4.23. The Labute approximate surface area is 148 Å². The second-order valence-corrected chi connectivity index (χ2v) is 6.65. The van der Waals surface area contributed by atoms with Crippen LogP contribution in [0.2, 0.25) is 0 Å². The van der Waals surface area contributed by atoms with Gasteiger partial charge in [0.2, 0.25) is 11.7 Å². The van der Waals surface area contributed by atoms with Crippen LogP contribution in [-0.2, 0) is 14.3 Å². The molecule has 1 aliphatic rings. The van der Waals surface area contributed by atoms with Crippen molar-refractivity contribution in [2.75, 3.05) is 5.32 Å². The SMILES string of the molecule is CC(C)C(=O)Nc1ccc(C(=O)C(C)OC(=O)C2CC=CCC2)cc1. The largest absolute Gasteiger partial charge is 0.454 e. The van der Waals surface area contributed by atoms with E-state index in [2.05, 4.69) is 11.4 Å². The first kappa shape index (κ1) is 18.9. The van der Waals surface area contributed by atoms with Crippen molar-refractivity contribution < 1.29 is 19.1 Å². The molecular weight excluding hydrogens is 318 g/mol. The molecule has 5 heteroatoms. The molecule has 0 saturated heterocycles. The molecule has 0 fully saturated rings. The molecule has 0 heterocycles. The summed E-state index contributed by atoms with van der Waals surface area (Å²) in [6.45, 7) is 5.21. The molecule has 0 aliphatic heterocycles. The van der Waals surface area contributed by atoms with Gasteiger partial charge in [0.05, 0.1) is 5.92 Å². The molecule has 0 aromatic heterocycles. The van der Waals surface area contributed by atoms with E-state index < -0.39 is 6.10 Å². The zero-order valence-corrected chi connectivity index (χ0v) is 15.0. The third kappa shape index (κ3) is 5.28. The van der Waals surface area contributed by atoms with Crippen LogP contribution in [0.15, 0.2) is 36.4 Å². The fourth-order valence-electron chi connectivity index (χ4n) is 2.57. The number of nitrogens with one attached hydrogen (secondary N) is 1. The van der Waals surface area contributed by atoms with Crippen LogP contribution in [0.1, 0.15) is 50.4 Å². The number of anilines is 1. The molecule has 2 rings (SSSR count). The maximum atomic E-state index is 12.4. The minimum absolute atomic E-state index is 0.0806. The molecule has 0 saturated carbocycles. The highest BCUT2D eigenvalue weighted by Crippen LogP contribution is 2.21. The predicted octanol–water partition coefficient (Wildman–Crippen LogP) is 3.75. The average molecular weight is 343 g/mol. The van der Waals surface area contributed by atoms with Crippen LogP contribution >= 0.6 is 0 Å². The van der Waals surface area contributed by atoms with Crippen molar-refractivity contribution in [1.29, 1.82) is 0 Å². The highest BCUT2D eigenvalue weighted by Gasteiger charge is 2.25. The number of allylic oxidation sites excluding steroid dienone is 2. The van der Waals surface area contributed by atoms with Crippen LogP contribution in [0, 0.1) is 11.8 Å². The monoisotopic (exact) mass is 343 g/mol. The molecule has 1 N–H and O–H groups in total. The molecule has 5 nitrogen and oxygen atoms in total. The Morgan fingerprint density at radius 2 is 1.76 bits per heavy atom. The maximum absolute atomic E-state index is 12.4. The minimum Gasteiger partial charge on any atom is -0.454 e. The zero-order chi connectivity index (χ0) is 18.4. The van der Waals surface area contributed by atoms with Crippen molar-refractivity contribution >= 4 is 23.3 Å². The summed E-state index contributed by atoms with van der Waals surface area (Å²) in [7, 11) is 0. The van der Waals surface area contributed by atoms with Crippen molar-refractivity contribution in [1.82, 2.24) is 0 Å². The minimum atomic E-state index is -0.825. The van der Waals surface area contributed by atoms with Gasteiger partial charge in [0.1, 0.15) is 0 Å². The van der Waals surface area contributed by atoms with Crippen LogP contribution in [0.4, 0.5) is 5.69 Å². The molecule has 134 valence electrons. The quantitative estimate of drug-likeness (QED) is 0.485. The van der Waals surface area contributed by atoms with Crippen LogP contribution < -0.4 is 5.32 Å². The van der Waals surface area contributed by atoms with Gasteiger partial charge in [-0.2, -0.15) is 0 Å². The highest BCUT2D eigenvalue weighted by atomic mass is 16.5. The van der Waals surface area contributed by atoms with Crippen LogP contribution in [0.3, 0.4) is 0 Å². The lowest BCUT2D eigenvalue weighted by Crippen LogP contribution is -2.28. The number of esters is 1. The molecule has 1 aromatic rings. The molecule has 0 spiro atoms. The number of carbonyl (C=O) groups excluding carboxylic acids is 3. The zero-order valence-electron chi connectivity index (χ0n) is 15.0. The summed E-state index contributed by atoms with van der Waals surface area (Å²) < 4.78 is 5.34. The summed E-state index contributed by atoms with van der Waals surface area (Å²) >= 11 is 0. The Morgan fingerprint density at radius 1 is 1.08 bits per heavy atom. The Bertz CT molecular complexity index is 661. The fourth-order valence-corrected chi connectivity index (χ4v) is 2.57. The second-order valence-electron chi connectivity index (χ2n) is 6.65. The molecule has 1 aliphatic carbocycles. The van der Waals surface area contributed by atoms with E-state index in [1.54, 1.807) is 31.2 Å². The van der Waals surface area contributed by atoms with Gasteiger partial charge in [-0.1, -0.05) is 26.0 Å². The highest BCUT2D eigenvalue weighted by molar-refractivity contribution is 6.01. The van der Waals surface area contributed by atoms with Crippen LogP contribution in [0.25, 0.3) is 0 Å². The van der Waals surface area contributed by atoms with Crippen LogP contribution in [-0.4, -0.2) is 23.8 Å². The molecular formula is C20H25NO4. The topological polar surface area (TPSA) is 72.5 Å². The van der Waals surface area contributed by atoms with Gasteiger partial charge < -0.3 is 10.1 Å². The van der Waals surface area contributed by atoms with E-state index >= 15 is 0 Å². The third-order valence-corrected chi connectivity index (χ3v) is 4.23. The summed E-state index contributed by atoms with van der Waals surface area (Å²) in [5.41, 5.74) is 1.08. The smallest absolute Gasteiger partial charge is 0.309 e. The number of rotatable bonds is 6. The standard InChI is InChI=1S/C20H25NO4/c1-13(2)19(23)21-17-11-9-15(10-12-17)18(22)14(3)25-20(24)16-7-5-4-6-8-16/h4-5,9-14,16H,6-8H2,1-3H3,(H,21,23). The number of amides is 1. The summed E-state index contributed by atoms with van der Waals surface area (Å²) in [4.78, 5) is 36.2. The van der Waals surface area contributed by atoms with E-state index in [0.717, 1.165) is 12.8 Å². The van der Waals surface area contributed by atoms with Gasteiger partial charge in [0.25, 0.3) is 0 Å². The van der Waals surface area contributed by atoms with E-state index in [0.29, 0.717) is 17.7 Å². The van der Waals surface area contributed by atoms with E-state index in [1.807, 2.05) is 19.9 Å². The molecule has 2 atom stereocenters. The van der Waals surface area contributed by atoms with Crippen molar-refractivity contribution in [2.24, 2.45) is 11.8 Å². The van der Waals surface area contributed by atoms with Crippen molar-refractivity contribution in [3.63, 3.8) is 0 Å². The van der Waals surface area contributed by atoms with E-state index in [1.165, 1.54) is 0 Å². The summed E-state index contributed by atoms with van der Waals surface area (Å²) in [6.07, 6.45) is 5.51. The first-order valence-corrected chi connectivity index (χ1v) is 8.69. The number of benzene rings is 1. The van der Waals surface area contributed by atoms with Gasteiger partial charge in [-0.15, -0.1) is 0 Å². The molecule has 25 heavy (non-hydrogen) atoms. The van der Waals surface area contributed by atoms with E-state index in [9.17, 15) is 14.4 Å². The predicted molar refractivity (Wildman–Crippen MR) is 96.3 cm³/mol. The number of hydrogen-bond donors (Lipinski definition) is 1. The van der Waals surface area contributed by atoms with Crippen molar-refractivity contribution in [2.45, 2.75) is 46.1 Å². The van der Waals surface area contributed by atoms with E-state index in [-0.39, 0.29) is 29.5 Å². The molecule has 1 aromatic carbocycles. The molecule has 2 unspecified atom stereocenters. The first-order valence-electron chi connectivity index (χ1n) is 8.69. The number of ketones is 1.